The minimum absolute atomic E-state index is 0.0175. The summed E-state index contributed by atoms with van der Waals surface area (Å²) in [6.45, 7) is 5.13. The molecule has 0 aliphatic rings. The summed E-state index contributed by atoms with van der Waals surface area (Å²) in [6, 6.07) is 3.97. The maximum Gasteiger partial charge on any atom is 0.407 e. The van der Waals surface area contributed by atoms with E-state index in [4.69, 9.17) is 16.3 Å². The highest BCUT2D eigenvalue weighted by molar-refractivity contribution is 6.30. The number of amides is 1. The fourth-order valence-corrected chi connectivity index (χ4v) is 1.45. The van der Waals surface area contributed by atoms with Gasteiger partial charge >= 0.3 is 6.09 Å². The van der Waals surface area contributed by atoms with Gasteiger partial charge in [-0.2, -0.15) is 0 Å². The molecule has 0 unspecified atom stereocenters. The SMILES string of the molecule is CC(C)(C)OC(=O)NC[C@@H](O)c1ccc(Cl)c(F)c1. The highest BCUT2D eigenvalue weighted by Gasteiger charge is 2.17. The molecule has 0 heterocycles. The fourth-order valence-electron chi connectivity index (χ4n) is 1.33. The minimum Gasteiger partial charge on any atom is -0.444 e. The van der Waals surface area contributed by atoms with Crippen molar-refractivity contribution in [2.75, 3.05) is 6.54 Å². The average molecular weight is 290 g/mol. The average Bonchev–Trinajstić information content (AvgIpc) is 2.27. The molecule has 0 saturated carbocycles. The second-order valence-corrected chi connectivity index (χ2v) is 5.48. The van der Waals surface area contributed by atoms with Gasteiger partial charge < -0.3 is 15.2 Å². The predicted octanol–water partition coefficient (Wildman–Crippen LogP) is 3.04. The van der Waals surface area contributed by atoms with Crippen molar-refractivity contribution in [2.24, 2.45) is 0 Å². The lowest BCUT2D eigenvalue weighted by atomic mass is 10.1. The van der Waals surface area contributed by atoms with Crippen LogP contribution < -0.4 is 5.32 Å². The second-order valence-electron chi connectivity index (χ2n) is 5.07. The summed E-state index contributed by atoms with van der Waals surface area (Å²) in [5, 5.41) is 12.2. The first-order chi connectivity index (χ1) is 8.69. The van der Waals surface area contributed by atoms with Gasteiger partial charge in [-0.1, -0.05) is 17.7 Å². The lowest BCUT2D eigenvalue weighted by molar-refractivity contribution is 0.0491. The van der Waals surface area contributed by atoms with Crippen LogP contribution in [0.25, 0.3) is 0 Å². The Bertz CT molecular complexity index is 460. The third-order valence-corrected chi connectivity index (χ3v) is 2.47. The van der Waals surface area contributed by atoms with E-state index in [1.807, 2.05) is 0 Å². The van der Waals surface area contributed by atoms with Crippen molar-refractivity contribution in [2.45, 2.75) is 32.5 Å². The van der Waals surface area contributed by atoms with Gasteiger partial charge in [0, 0.05) is 0 Å². The van der Waals surface area contributed by atoms with E-state index in [0.29, 0.717) is 5.56 Å². The van der Waals surface area contributed by atoms with Gasteiger partial charge in [-0.25, -0.2) is 9.18 Å². The van der Waals surface area contributed by atoms with Crippen LogP contribution in [-0.2, 0) is 4.74 Å². The number of carbonyl (C=O) groups is 1. The van der Waals surface area contributed by atoms with E-state index in [2.05, 4.69) is 5.32 Å². The zero-order valence-corrected chi connectivity index (χ0v) is 11.8. The van der Waals surface area contributed by atoms with Crippen LogP contribution in [0.5, 0.6) is 0 Å². The Kier molecular flexibility index (Phi) is 5.14. The molecule has 19 heavy (non-hydrogen) atoms. The monoisotopic (exact) mass is 289 g/mol. The first-order valence-corrected chi connectivity index (χ1v) is 6.17. The molecule has 0 aromatic heterocycles. The molecule has 0 aliphatic carbocycles. The molecular formula is C13H17ClFNO3. The molecule has 106 valence electrons. The summed E-state index contributed by atoms with van der Waals surface area (Å²) < 4.78 is 18.2. The number of hydrogen-bond acceptors (Lipinski definition) is 3. The lowest BCUT2D eigenvalue weighted by Crippen LogP contribution is -2.34. The van der Waals surface area contributed by atoms with Crippen LogP contribution in [0, 0.1) is 5.82 Å². The van der Waals surface area contributed by atoms with Crippen molar-refractivity contribution < 1.29 is 19.0 Å². The Morgan fingerprint density at radius 2 is 2.16 bits per heavy atom. The maximum atomic E-state index is 13.2. The molecule has 0 bridgehead atoms. The Labute approximate surface area is 116 Å². The molecule has 2 N–H and O–H groups in total. The molecule has 1 aromatic rings. The van der Waals surface area contributed by atoms with Crippen LogP contribution in [0.2, 0.25) is 5.02 Å². The van der Waals surface area contributed by atoms with Gasteiger partial charge in [0.05, 0.1) is 17.7 Å². The predicted molar refractivity (Wildman–Crippen MR) is 70.6 cm³/mol. The highest BCUT2D eigenvalue weighted by atomic mass is 35.5. The molecule has 0 fully saturated rings. The van der Waals surface area contributed by atoms with Crippen molar-refractivity contribution in [3.05, 3.63) is 34.6 Å². The minimum atomic E-state index is -1.03. The molecule has 1 atom stereocenters. The zero-order valence-electron chi connectivity index (χ0n) is 11.0. The Balaban J connectivity index is 2.53. The van der Waals surface area contributed by atoms with Crippen LogP contribution in [0.3, 0.4) is 0 Å². The molecule has 1 aromatic carbocycles. The number of rotatable bonds is 3. The summed E-state index contributed by atoms with van der Waals surface area (Å²) in [6.07, 6.45) is -1.67. The van der Waals surface area contributed by atoms with E-state index in [1.165, 1.54) is 12.1 Å². The molecule has 0 saturated heterocycles. The Hall–Kier alpha value is -1.33. The molecule has 4 nitrogen and oxygen atoms in total. The van der Waals surface area contributed by atoms with E-state index in [9.17, 15) is 14.3 Å². The molecule has 6 heteroatoms. The van der Waals surface area contributed by atoms with Crippen LogP contribution in [-0.4, -0.2) is 23.3 Å². The zero-order chi connectivity index (χ0) is 14.6. The number of hydrogen-bond donors (Lipinski definition) is 2. The van der Waals surface area contributed by atoms with Crippen molar-refractivity contribution in [1.29, 1.82) is 0 Å². The number of aliphatic hydroxyl groups excluding tert-OH is 1. The third kappa shape index (κ3) is 5.44. The number of carbonyl (C=O) groups excluding carboxylic acids is 1. The van der Waals surface area contributed by atoms with Crippen LogP contribution in [0.1, 0.15) is 32.4 Å². The van der Waals surface area contributed by atoms with Crippen LogP contribution >= 0.6 is 11.6 Å². The fraction of sp³-hybridized carbons (Fsp3) is 0.462. The van der Waals surface area contributed by atoms with Gasteiger partial charge in [-0.15, -0.1) is 0 Å². The number of halogens is 2. The van der Waals surface area contributed by atoms with Crippen LogP contribution in [0.15, 0.2) is 18.2 Å². The summed E-state index contributed by atoms with van der Waals surface area (Å²) in [5.74, 6) is -0.615. The molecule has 0 radical (unpaired) electrons. The first kappa shape index (κ1) is 15.7. The number of alkyl carbamates (subject to hydrolysis) is 1. The Morgan fingerprint density at radius 1 is 1.53 bits per heavy atom. The highest BCUT2D eigenvalue weighted by Crippen LogP contribution is 2.20. The van der Waals surface area contributed by atoms with Crippen molar-refractivity contribution >= 4 is 17.7 Å². The van der Waals surface area contributed by atoms with E-state index in [-0.39, 0.29) is 11.6 Å². The van der Waals surface area contributed by atoms with Gasteiger partial charge in [-0.3, -0.25) is 0 Å². The molecular weight excluding hydrogens is 273 g/mol. The third-order valence-electron chi connectivity index (χ3n) is 2.17. The number of nitrogens with one attached hydrogen (secondary N) is 1. The van der Waals surface area contributed by atoms with E-state index < -0.39 is 23.6 Å². The quantitative estimate of drug-likeness (QED) is 0.899. The standard InChI is InChI=1S/C13H17ClFNO3/c1-13(2,3)19-12(18)16-7-11(17)8-4-5-9(14)10(15)6-8/h4-6,11,17H,7H2,1-3H3,(H,16,18)/t11-/m1/s1. The van der Waals surface area contributed by atoms with Crippen LogP contribution in [0.4, 0.5) is 9.18 Å². The largest absolute Gasteiger partial charge is 0.444 e. The first-order valence-electron chi connectivity index (χ1n) is 5.79. The summed E-state index contributed by atoms with van der Waals surface area (Å²) in [4.78, 5) is 11.4. The van der Waals surface area contributed by atoms with Crippen molar-refractivity contribution in [3.8, 4) is 0 Å². The lowest BCUT2D eigenvalue weighted by Gasteiger charge is -2.20. The second kappa shape index (κ2) is 6.21. The van der Waals surface area contributed by atoms with Gasteiger partial charge in [0.25, 0.3) is 0 Å². The summed E-state index contributed by atoms with van der Waals surface area (Å²) >= 11 is 5.54. The van der Waals surface area contributed by atoms with Crippen molar-refractivity contribution in [1.82, 2.24) is 5.32 Å². The number of benzene rings is 1. The molecule has 1 rings (SSSR count). The number of ether oxygens (including phenoxy) is 1. The summed E-state index contributed by atoms with van der Waals surface area (Å²) in [7, 11) is 0. The van der Waals surface area contributed by atoms with E-state index in [1.54, 1.807) is 20.8 Å². The topological polar surface area (TPSA) is 58.6 Å². The smallest absolute Gasteiger partial charge is 0.407 e. The molecule has 0 spiro atoms. The van der Waals surface area contributed by atoms with Gasteiger partial charge in [0.2, 0.25) is 0 Å². The maximum absolute atomic E-state index is 13.2. The molecule has 1 amide bonds. The van der Waals surface area contributed by atoms with E-state index in [0.717, 1.165) is 6.07 Å². The summed E-state index contributed by atoms with van der Waals surface area (Å²) in [5.41, 5.74) is -0.278. The Morgan fingerprint density at radius 3 is 2.68 bits per heavy atom. The number of aliphatic hydroxyl groups is 1. The van der Waals surface area contributed by atoms with Gasteiger partial charge in [0.1, 0.15) is 11.4 Å². The van der Waals surface area contributed by atoms with Gasteiger partial charge in [0.15, 0.2) is 0 Å². The molecule has 0 aliphatic heterocycles. The van der Waals surface area contributed by atoms with E-state index >= 15 is 0 Å². The normalized spacial score (nSPS) is 12.9. The van der Waals surface area contributed by atoms with Gasteiger partial charge in [-0.05, 0) is 38.5 Å². The van der Waals surface area contributed by atoms with Crippen molar-refractivity contribution in [3.63, 3.8) is 0 Å².